The molecule has 0 aliphatic carbocycles. The number of anilines is 1. The molecular formula is C12H18BrN3O. The zero-order valence-electron chi connectivity index (χ0n) is 10.5. The lowest BCUT2D eigenvalue weighted by Gasteiger charge is -2.18. The molecule has 1 aromatic rings. The first-order valence-corrected chi connectivity index (χ1v) is 6.72. The van der Waals surface area contributed by atoms with Crippen molar-refractivity contribution in [3.63, 3.8) is 0 Å². The number of hydrogen-bond acceptors (Lipinski definition) is 4. The van der Waals surface area contributed by atoms with Crippen molar-refractivity contribution in [3.05, 3.63) is 10.7 Å². The molecule has 0 radical (unpaired) electrons. The van der Waals surface area contributed by atoms with Crippen LogP contribution in [0.1, 0.15) is 20.3 Å². The van der Waals surface area contributed by atoms with E-state index in [2.05, 4.69) is 44.6 Å². The Bertz CT molecular complexity index is 397. The average Bonchev–Trinajstić information content (AvgIpc) is 2.79. The van der Waals surface area contributed by atoms with Crippen LogP contribution in [-0.2, 0) is 0 Å². The lowest BCUT2D eigenvalue weighted by molar-refractivity contribution is 0.393. The summed E-state index contributed by atoms with van der Waals surface area (Å²) in [7, 11) is 1.62. The maximum atomic E-state index is 5.19. The summed E-state index contributed by atoms with van der Waals surface area (Å²) in [6.07, 6.45) is 2.98. The van der Waals surface area contributed by atoms with Gasteiger partial charge in [0, 0.05) is 13.1 Å². The molecule has 1 saturated heterocycles. The van der Waals surface area contributed by atoms with Crippen molar-refractivity contribution in [2.75, 3.05) is 25.1 Å². The smallest absolute Gasteiger partial charge is 0.232 e. The van der Waals surface area contributed by atoms with E-state index in [4.69, 9.17) is 4.74 Å². The number of ether oxygens (including phenoxy) is 1. The number of rotatable bonds is 3. The molecule has 0 bridgehead atoms. The van der Waals surface area contributed by atoms with Crippen molar-refractivity contribution in [3.8, 4) is 5.88 Å². The largest absolute Gasteiger partial charge is 0.480 e. The summed E-state index contributed by atoms with van der Waals surface area (Å²) in [6, 6.07) is 0. The van der Waals surface area contributed by atoms with Crippen LogP contribution < -0.4 is 9.64 Å². The van der Waals surface area contributed by atoms with Crippen LogP contribution in [0.5, 0.6) is 5.88 Å². The molecule has 17 heavy (non-hydrogen) atoms. The summed E-state index contributed by atoms with van der Waals surface area (Å²) in [5.41, 5.74) is 0. The Labute approximate surface area is 111 Å². The summed E-state index contributed by atoms with van der Waals surface area (Å²) < 4.78 is 5.99. The van der Waals surface area contributed by atoms with E-state index in [1.807, 2.05) is 0 Å². The third-order valence-corrected chi connectivity index (χ3v) is 3.89. The summed E-state index contributed by atoms with van der Waals surface area (Å²) in [5.74, 6) is 2.83. The van der Waals surface area contributed by atoms with Crippen LogP contribution in [0.4, 0.5) is 5.95 Å². The van der Waals surface area contributed by atoms with Crippen molar-refractivity contribution in [1.29, 1.82) is 0 Å². The van der Waals surface area contributed by atoms with Crippen molar-refractivity contribution >= 4 is 21.9 Å². The molecule has 1 atom stereocenters. The molecule has 1 aliphatic heterocycles. The lowest BCUT2D eigenvalue weighted by atomic mass is 9.95. The highest BCUT2D eigenvalue weighted by Gasteiger charge is 2.26. The molecule has 4 nitrogen and oxygen atoms in total. The van der Waals surface area contributed by atoms with Crippen LogP contribution in [0.2, 0.25) is 0 Å². The van der Waals surface area contributed by atoms with Crippen LogP contribution in [0.15, 0.2) is 10.7 Å². The maximum absolute atomic E-state index is 5.19. The van der Waals surface area contributed by atoms with Gasteiger partial charge in [-0.05, 0) is 34.2 Å². The first-order valence-electron chi connectivity index (χ1n) is 5.93. The van der Waals surface area contributed by atoms with E-state index in [0.717, 1.165) is 35.3 Å². The van der Waals surface area contributed by atoms with Gasteiger partial charge in [0.25, 0.3) is 0 Å². The molecule has 94 valence electrons. The number of methoxy groups -OCH3 is 1. The predicted octanol–water partition coefficient (Wildman–Crippen LogP) is 2.73. The van der Waals surface area contributed by atoms with Gasteiger partial charge in [-0.25, -0.2) is 4.98 Å². The zero-order chi connectivity index (χ0) is 12.4. The Morgan fingerprint density at radius 2 is 2.29 bits per heavy atom. The SMILES string of the molecule is COc1nc(N2CCC(C(C)C)C2)ncc1Br. The molecular weight excluding hydrogens is 282 g/mol. The second-order valence-electron chi connectivity index (χ2n) is 4.77. The minimum Gasteiger partial charge on any atom is -0.480 e. The van der Waals surface area contributed by atoms with Gasteiger partial charge >= 0.3 is 0 Å². The van der Waals surface area contributed by atoms with E-state index in [0.29, 0.717) is 5.88 Å². The molecule has 2 rings (SSSR count). The Morgan fingerprint density at radius 3 is 2.88 bits per heavy atom. The third-order valence-electron chi connectivity index (χ3n) is 3.34. The number of hydrogen-bond donors (Lipinski definition) is 0. The highest BCUT2D eigenvalue weighted by molar-refractivity contribution is 9.10. The fourth-order valence-corrected chi connectivity index (χ4v) is 2.50. The van der Waals surface area contributed by atoms with E-state index in [9.17, 15) is 0 Å². The van der Waals surface area contributed by atoms with E-state index >= 15 is 0 Å². The molecule has 0 aromatic carbocycles. The second kappa shape index (κ2) is 5.21. The number of halogens is 1. The minimum atomic E-state index is 0.600. The molecule has 0 amide bonds. The molecule has 0 spiro atoms. The van der Waals surface area contributed by atoms with Gasteiger partial charge in [-0.15, -0.1) is 0 Å². The Hall–Kier alpha value is -0.840. The zero-order valence-corrected chi connectivity index (χ0v) is 12.1. The van der Waals surface area contributed by atoms with Gasteiger partial charge in [-0.2, -0.15) is 4.98 Å². The fourth-order valence-electron chi connectivity index (χ4n) is 2.15. The Balaban J connectivity index is 2.13. The van der Waals surface area contributed by atoms with Crippen molar-refractivity contribution in [1.82, 2.24) is 9.97 Å². The Kier molecular flexibility index (Phi) is 3.86. The lowest BCUT2D eigenvalue weighted by Crippen LogP contribution is -2.23. The molecule has 1 aromatic heterocycles. The van der Waals surface area contributed by atoms with Gasteiger partial charge in [0.1, 0.15) is 0 Å². The summed E-state index contributed by atoms with van der Waals surface area (Å²) in [5, 5.41) is 0. The summed E-state index contributed by atoms with van der Waals surface area (Å²) in [4.78, 5) is 11.0. The topological polar surface area (TPSA) is 38.2 Å². The first kappa shape index (κ1) is 12.6. The molecule has 1 fully saturated rings. The van der Waals surface area contributed by atoms with Crippen LogP contribution in [0.25, 0.3) is 0 Å². The van der Waals surface area contributed by atoms with Crippen LogP contribution in [0, 0.1) is 11.8 Å². The normalized spacial score (nSPS) is 20.1. The maximum Gasteiger partial charge on any atom is 0.232 e. The highest BCUT2D eigenvalue weighted by atomic mass is 79.9. The summed E-state index contributed by atoms with van der Waals surface area (Å²) in [6.45, 7) is 6.63. The monoisotopic (exact) mass is 299 g/mol. The molecule has 0 saturated carbocycles. The van der Waals surface area contributed by atoms with E-state index < -0.39 is 0 Å². The van der Waals surface area contributed by atoms with Gasteiger partial charge < -0.3 is 9.64 Å². The molecule has 0 N–H and O–H groups in total. The van der Waals surface area contributed by atoms with Crippen LogP contribution >= 0.6 is 15.9 Å². The number of nitrogens with zero attached hydrogens (tertiary/aromatic N) is 3. The summed E-state index contributed by atoms with van der Waals surface area (Å²) >= 11 is 3.37. The standard InChI is InChI=1S/C12H18BrN3O/c1-8(2)9-4-5-16(7-9)12-14-6-10(13)11(15-12)17-3/h6,8-9H,4-5,7H2,1-3H3. The Morgan fingerprint density at radius 1 is 1.53 bits per heavy atom. The van der Waals surface area contributed by atoms with Crippen molar-refractivity contribution in [2.45, 2.75) is 20.3 Å². The molecule has 1 unspecified atom stereocenters. The van der Waals surface area contributed by atoms with Gasteiger partial charge in [0.05, 0.1) is 17.8 Å². The van der Waals surface area contributed by atoms with Crippen LogP contribution in [0.3, 0.4) is 0 Å². The third kappa shape index (κ3) is 2.70. The fraction of sp³-hybridized carbons (Fsp3) is 0.667. The van der Waals surface area contributed by atoms with E-state index in [1.54, 1.807) is 13.3 Å². The van der Waals surface area contributed by atoms with Crippen molar-refractivity contribution < 1.29 is 4.74 Å². The van der Waals surface area contributed by atoms with Crippen LogP contribution in [-0.4, -0.2) is 30.2 Å². The molecule has 5 heteroatoms. The quantitative estimate of drug-likeness (QED) is 0.860. The van der Waals surface area contributed by atoms with Crippen molar-refractivity contribution in [2.24, 2.45) is 11.8 Å². The van der Waals surface area contributed by atoms with E-state index in [-0.39, 0.29) is 0 Å². The number of aromatic nitrogens is 2. The van der Waals surface area contributed by atoms with Gasteiger partial charge in [0.2, 0.25) is 11.8 Å². The van der Waals surface area contributed by atoms with Gasteiger partial charge in [0.15, 0.2) is 0 Å². The molecule has 1 aliphatic rings. The second-order valence-corrected chi connectivity index (χ2v) is 5.62. The minimum absolute atomic E-state index is 0.600. The molecule has 2 heterocycles. The van der Waals surface area contributed by atoms with E-state index in [1.165, 1.54) is 6.42 Å². The van der Waals surface area contributed by atoms with Gasteiger partial charge in [-0.1, -0.05) is 13.8 Å². The first-order chi connectivity index (χ1) is 8.11. The average molecular weight is 300 g/mol. The van der Waals surface area contributed by atoms with Gasteiger partial charge in [-0.3, -0.25) is 0 Å². The predicted molar refractivity (Wildman–Crippen MR) is 71.4 cm³/mol. The highest BCUT2D eigenvalue weighted by Crippen LogP contribution is 2.29.